The van der Waals surface area contributed by atoms with E-state index in [1.54, 1.807) is 0 Å². The van der Waals surface area contributed by atoms with Crippen molar-refractivity contribution < 1.29 is 55.1 Å². The number of carbonyl (C=O) groups excluding carboxylic acids is 1. The van der Waals surface area contributed by atoms with Crippen molar-refractivity contribution in [2.24, 2.45) is 0 Å². The molecule has 23 heavy (non-hydrogen) atoms. The van der Waals surface area contributed by atoms with Crippen LogP contribution in [0, 0.1) is 0 Å². The van der Waals surface area contributed by atoms with Crippen LogP contribution in [0.3, 0.4) is 0 Å². The third-order valence-corrected chi connectivity index (χ3v) is 3.55. The van der Waals surface area contributed by atoms with Gasteiger partial charge < -0.3 is 50.3 Å². The van der Waals surface area contributed by atoms with Crippen LogP contribution in [0.15, 0.2) is 0 Å². The van der Waals surface area contributed by atoms with Gasteiger partial charge in [-0.05, 0) is 6.92 Å². The molecule has 1 unspecified atom stereocenters. The Morgan fingerprint density at radius 3 is 2.17 bits per heavy atom. The van der Waals surface area contributed by atoms with E-state index in [1.165, 1.54) is 6.92 Å². The molecule has 9 atom stereocenters. The van der Waals surface area contributed by atoms with Gasteiger partial charge in [0.15, 0.2) is 18.5 Å². The van der Waals surface area contributed by atoms with Gasteiger partial charge in [-0.2, -0.15) is 0 Å². The fourth-order valence-corrected chi connectivity index (χ4v) is 2.01. The lowest BCUT2D eigenvalue weighted by Gasteiger charge is -2.39. The molecule has 11 heteroatoms. The summed E-state index contributed by atoms with van der Waals surface area (Å²) in [6.45, 7) is 0.429. The monoisotopic (exact) mass is 342 g/mol. The third-order valence-electron chi connectivity index (χ3n) is 3.55. The van der Waals surface area contributed by atoms with Crippen molar-refractivity contribution in [1.82, 2.24) is 0 Å². The quantitative estimate of drug-likeness (QED) is 0.215. The first-order valence-corrected chi connectivity index (χ1v) is 6.85. The van der Waals surface area contributed by atoms with Gasteiger partial charge in [-0.1, -0.05) is 0 Å². The second-order valence-corrected chi connectivity index (χ2v) is 5.29. The Hall–Kier alpha value is -0.890. The van der Waals surface area contributed by atoms with Gasteiger partial charge in [-0.25, -0.2) is 4.79 Å². The first-order valence-electron chi connectivity index (χ1n) is 6.85. The average molecular weight is 342 g/mol. The van der Waals surface area contributed by atoms with E-state index in [2.05, 4.69) is 4.74 Å². The van der Waals surface area contributed by atoms with Gasteiger partial charge in [0.1, 0.15) is 30.5 Å². The molecular weight excluding hydrogens is 320 g/mol. The van der Waals surface area contributed by atoms with Gasteiger partial charge in [0, 0.05) is 0 Å². The predicted octanol–water partition coefficient (Wildman–Crippen LogP) is -5.21. The summed E-state index contributed by atoms with van der Waals surface area (Å²) in [5.74, 6) is -1.55. The summed E-state index contributed by atoms with van der Waals surface area (Å²) < 4.78 is 9.42. The fourth-order valence-electron chi connectivity index (χ4n) is 2.01. The highest BCUT2D eigenvalue weighted by atomic mass is 16.7. The van der Waals surface area contributed by atoms with Gasteiger partial charge in [0.05, 0.1) is 12.7 Å². The number of aliphatic hydroxyl groups excluding tert-OH is 8. The maximum atomic E-state index is 11.7. The van der Waals surface area contributed by atoms with Crippen LogP contribution < -0.4 is 0 Å². The minimum absolute atomic E-state index is 0.933. The van der Waals surface area contributed by atoms with E-state index in [9.17, 15) is 35.4 Å². The Kier molecular flexibility index (Phi) is 7.26. The van der Waals surface area contributed by atoms with Gasteiger partial charge in [-0.3, -0.25) is 0 Å². The highest BCUT2D eigenvalue weighted by Crippen LogP contribution is 2.22. The predicted molar refractivity (Wildman–Crippen MR) is 69.6 cm³/mol. The summed E-state index contributed by atoms with van der Waals surface area (Å²) in [5, 5.41) is 75.2. The molecular formula is C12H22O11. The Morgan fingerprint density at radius 1 is 1.09 bits per heavy atom. The minimum atomic E-state index is -2.35. The van der Waals surface area contributed by atoms with Crippen LogP contribution in [-0.4, -0.2) is 109 Å². The van der Waals surface area contributed by atoms with E-state index in [0.717, 1.165) is 0 Å². The van der Waals surface area contributed by atoms with Crippen molar-refractivity contribution in [1.29, 1.82) is 0 Å². The summed E-state index contributed by atoms with van der Waals surface area (Å²) >= 11 is 0. The molecule has 11 nitrogen and oxygen atoms in total. The molecule has 0 saturated carbocycles. The van der Waals surface area contributed by atoms with Gasteiger partial charge in [-0.15, -0.1) is 0 Å². The van der Waals surface area contributed by atoms with Gasteiger partial charge >= 0.3 is 5.97 Å². The second-order valence-electron chi connectivity index (χ2n) is 5.29. The van der Waals surface area contributed by atoms with Crippen molar-refractivity contribution in [3.05, 3.63) is 0 Å². The maximum Gasteiger partial charge on any atom is 0.338 e. The zero-order valence-electron chi connectivity index (χ0n) is 12.2. The van der Waals surface area contributed by atoms with Crippen LogP contribution in [0.1, 0.15) is 6.92 Å². The molecule has 1 fully saturated rings. The summed E-state index contributed by atoms with van der Waals surface area (Å²) in [4.78, 5) is 11.7. The van der Waals surface area contributed by atoms with Crippen molar-refractivity contribution in [2.45, 2.75) is 62.0 Å². The van der Waals surface area contributed by atoms with E-state index in [0.29, 0.717) is 0 Å². The Morgan fingerprint density at radius 2 is 1.65 bits per heavy atom. The van der Waals surface area contributed by atoms with Gasteiger partial charge in [0.25, 0.3) is 0 Å². The summed E-state index contributed by atoms with van der Waals surface area (Å²) in [6, 6.07) is 0. The maximum absolute atomic E-state index is 11.7. The van der Waals surface area contributed by atoms with Crippen LogP contribution in [0.5, 0.6) is 0 Å². The normalized spacial score (nSPS) is 36.8. The largest absolute Gasteiger partial charge is 0.452 e. The summed E-state index contributed by atoms with van der Waals surface area (Å²) in [7, 11) is 0. The topological polar surface area (TPSA) is 197 Å². The lowest BCUT2D eigenvalue weighted by molar-refractivity contribution is -0.285. The van der Waals surface area contributed by atoms with Crippen LogP contribution in [0.2, 0.25) is 0 Å². The van der Waals surface area contributed by atoms with Crippen LogP contribution >= 0.6 is 0 Å². The van der Waals surface area contributed by atoms with E-state index in [1.807, 2.05) is 0 Å². The highest BCUT2D eigenvalue weighted by Gasteiger charge is 2.46. The fraction of sp³-hybridized carbons (Fsp3) is 0.917. The molecule has 8 N–H and O–H groups in total. The first kappa shape index (κ1) is 20.2. The van der Waals surface area contributed by atoms with E-state index in [-0.39, 0.29) is 0 Å². The van der Waals surface area contributed by atoms with Crippen molar-refractivity contribution >= 4 is 5.97 Å². The Balaban J connectivity index is 2.70. The van der Waals surface area contributed by atoms with E-state index >= 15 is 0 Å². The number of ether oxygens (including phenoxy) is 2. The number of hydrogen-bond acceptors (Lipinski definition) is 11. The van der Waals surface area contributed by atoms with Crippen LogP contribution in [0.4, 0.5) is 0 Å². The zero-order chi connectivity index (χ0) is 17.9. The van der Waals surface area contributed by atoms with Crippen molar-refractivity contribution in [3.8, 4) is 0 Å². The molecule has 0 bridgehead atoms. The molecule has 0 amide bonds. The number of aliphatic hydroxyl groups is 8. The number of esters is 1. The van der Waals surface area contributed by atoms with Crippen molar-refractivity contribution in [2.75, 3.05) is 6.61 Å². The Bertz CT molecular complexity index is 391. The molecule has 0 radical (unpaired) electrons. The standard InChI is InChI=1S/C12H22O11/c1-3-5(15)8(18)10(12(21)22-3)23-11(20)9(19)7(17)6(16)4(14)2-13/h3-10,12-19,21H,2H2,1H3/t3-,4-,5-,6+,7+,8+,9-,10+,12?/m1/s1. The average Bonchev–Trinajstić information content (AvgIpc) is 2.53. The number of rotatable bonds is 6. The molecule has 0 aromatic heterocycles. The van der Waals surface area contributed by atoms with E-state index < -0.39 is 67.7 Å². The molecule has 1 aliphatic heterocycles. The lowest BCUT2D eigenvalue weighted by Crippen LogP contribution is -2.59. The molecule has 1 aliphatic rings. The third kappa shape index (κ3) is 4.56. The highest BCUT2D eigenvalue weighted by molar-refractivity contribution is 5.75. The smallest absolute Gasteiger partial charge is 0.338 e. The zero-order valence-corrected chi connectivity index (χ0v) is 12.2. The Labute approximate surface area is 130 Å². The minimum Gasteiger partial charge on any atom is -0.452 e. The van der Waals surface area contributed by atoms with Gasteiger partial charge in [0.2, 0.25) is 0 Å². The molecule has 1 rings (SSSR count). The summed E-state index contributed by atoms with van der Waals surface area (Å²) in [5.41, 5.74) is 0. The van der Waals surface area contributed by atoms with Crippen LogP contribution in [0.25, 0.3) is 0 Å². The molecule has 0 aromatic carbocycles. The molecule has 0 aliphatic carbocycles. The number of hydrogen-bond donors (Lipinski definition) is 8. The molecule has 0 aromatic rings. The molecule has 1 heterocycles. The second kappa shape index (κ2) is 8.28. The molecule has 136 valence electrons. The SMILES string of the molecule is C[C@H]1OC(O)[C@@H](OC(=O)[C@H](O)[C@@H](O)[C@@H](O)[C@H](O)CO)[C@@H](O)[C@@H]1O. The number of carbonyl (C=O) groups is 1. The van der Waals surface area contributed by atoms with Crippen molar-refractivity contribution in [3.63, 3.8) is 0 Å². The molecule has 1 saturated heterocycles. The van der Waals surface area contributed by atoms with Crippen LogP contribution in [-0.2, 0) is 14.3 Å². The van der Waals surface area contributed by atoms with E-state index in [4.69, 9.17) is 14.9 Å². The summed E-state index contributed by atoms with van der Waals surface area (Å²) in [6.07, 6.45) is -16.1. The lowest BCUT2D eigenvalue weighted by atomic mass is 9.99. The first-order chi connectivity index (χ1) is 10.6. The molecule has 0 spiro atoms.